The van der Waals surface area contributed by atoms with Crippen molar-refractivity contribution >= 4 is 11.6 Å². The van der Waals surface area contributed by atoms with Crippen molar-refractivity contribution in [1.82, 2.24) is 4.98 Å². The predicted octanol–water partition coefficient (Wildman–Crippen LogP) is 3.28. The van der Waals surface area contributed by atoms with Crippen LogP contribution in [0.4, 0.5) is 5.69 Å². The molecule has 1 aromatic carbocycles. The van der Waals surface area contributed by atoms with Crippen LogP contribution in [0.3, 0.4) is 0 Å². The standard InChI is InChI=1S/C17H20N2O2/c1-13(2)17(20)19(12-14-6-5-9-18-11-14)15-7-4-8-16(10-15)21-3/h4-11,13H,12H2,1-3H3. The van der Waals surface area contributed by atoms with Crippen molar-refractivity contribution in [3.05, 3.63) is 54.4 Å². The van der Waals surface area contributed by atoms with Gasteiger partial charge in [-0.1, -0.05) is 26.0 Å². The minimum atomic E-state index is -0.0760. The van der Waals surface area contributed by atoms with E-state index in [9.17, 15) is 4.79 Å². The van der Waals surface area contributed by atoms with Gasteiger partial charge in [0.2, 0.25) is 5.91 Å². The van der Waals surface area contributed by atoms with E-state index < -0.39 is 0 Å². The van der Waals surface area contributed by atoms with Gasteiger partial charge in [-0.15, -0.1) is 0 Å². The maximum absolute atomic E-state index is 12.5. The van der Waals surface area contributed by atoms with Crippen LogP contribution in [0, 0.1) is 5.92 Å². The van der Waals surface area contributed by atoms with Crippen molar-refractivity contribution in [1.29, 1.82) is 0 Å². The van der Waals surface area contributed by atoms with Gasteiger partial charge in [0.15, 0.2) is 0 Å². The highest BCUT2D eigenvalue weighted by atomic mass is 16.5. The molecule has 0 N–H and O–H groups in total. The van der Waals surface area contributed by atoms with Crippen molar-refractivity contribution in [3.8, 4) is 5.75 Å². The molecule has 0 saturated heterocycles. The Morgan fingerprint density at radius 3 is 2.71 bits per heavy atom. The van der Waals surface area contributed by atoms with Gasteiger partial charge < -0.3 is 9.64 Å². The fourth-order valence-electron chi connectivity index (χ4n) is 2.06. The van der Waals surface area contributed by atoms with Crippen molar-refractivity contribution < 1.29 is 9.53 Å². The van der Waals surface area contributed by atoms with Crippen LogP contribution in [0.25, 0.3) is 0 Å². The Kier molecular flexibility index (Phi) is 4.93. The second kappa shape index (κ2) is 6.88. The molecule has 1 aromatic heterocycles. The lowest BCUT2D eigenvalue weighted by Crippen LogP contribution is -2.33. The highest BCUT2D eigenvalue weighted by Crippen LogP contribution is 2.24. The van der Waals surface area contributed by atoms with Gasteiger partial charge in [-0.05, 0) is 23.8 Å². The Balaban J connectivity index is 2.33. The summed E-state index contributed by atoms with van der Waals surface area (Å²) in [6, 6.07) is 11.4. The maximum Gasteiger partial charge on any atom is 0.229 e. The third-order valence-corrected chi connectivity index (χ3v) is 3.19. The van der Waals surface area contributed by atoms with Gasteiger partial charge in [0.25, 0.3) is 0 Å². The highest BCUT2D eigenvalue weighted by molar-refractivity contribution is 5.94. The van der Waals surface area contributed by atoms with E-state index in [1.54, 1.807) is 24.4 Å². The number of hydrogen-bond acceptors (Lipinski definition) is 3. The number of pyridine rings is 1. The van der Waals surface area contributed by atoms with E-state index in [-0.39, 0.29) is 11.8 Å². The Morgan fingerprint density at radius 2 is 2.10 bits per heavy atom. The van der Waals surface area contributed by atoms with Gasteiger partial charge in [-0.25, -0.2) is 0 Å². The summed E-state index contributed by atoms with van der Waals surface area (Å²) in [6.07, 6.45) is 3.50. The zero-order valence-corrected chi connectivity index (χ0v) is 12.6. The van der Waals surface area contributed by atoms with Crippen LogP contribution < -0.4 is 9.64 Å². The van der Waals surface area contributed by atoms with Crippen LogP contribution in [0.15, 0.2) is 48.8 Å². The molecule has 2 aromatic rings. The number of carbonyl (C=O) groups is 1. The molecular weight excluding hydrogens is 264 g/mol. The third-order valence-electron chi connectivity index (χ3n) is 3.19. The molecule has 21 heavy (non-hydrogen) atoms. The minimum Gasteiger partial charge on any atom is -0.497 e. The first-order valence-electron chi connectivity index (χ1n) is 6.96. The summed E-state index contributed by atoms with van der Waals surface area (Å²) in [4.78, 5) is 18.4. The molecule has 4 heteroatoms. The molecule has 0 radical (unpaired) electrons. The van der Waals surface area contributed by atoms with Gasteiger partial charge in [0.1, 0.15) is 5.75 Å². The topological polar surface area (TPSA) is 42.4 Å². The molecule has 2 rings (SSSR count). The third kappa shape index (κ3) is 3.81. The van der Waals surface area contributed by atoms with Crippen molar-refractivity contribution in [3.63, 3.8) is 0 Å². The summed E-state index contributed by atoms with van der Waals surface area (Å²) in [5.74, 6) is 0.736. The van der Waals surface area contributed by atoms with Crippen molar-refractivity contribution in [2.24, 2.45) is 5.92 Å². The molecule has 0 bridgehead atoms. The molecule has 0 aliphatic carbocycles. The number of rotatable bonds is 5. The fourth-order valence-corrected chi connectivity index (χ4v) is 2.06. The van der Waals surface area contributed by atoms with E-state index in [0.29, 0.717) is 6.54 Å². The van der Waals surface area contributed by atoms with Gasteiger partial charge >= 0.3 is 0 Å². The summed E-state index contributed by atoms with van der Waals surface area (Å²) < 4.78 is 5.25. The average molecular weight is 284 g/mol. The van der Waals surface area contributed by atoms with Crippen LogP contribution in [0.1, 0.15) is 19.4 Å². The van der Waals surface area contributed by atoms with Crippen LogP contribution in [-0.2, 0) is 11.3 Å². The molecular formula is C17H20N2O2. The normalized spacial score (nSPS) is 10.5. The van der Waals surface area contributed by atoms with Crippen LogP contribution in [-0.4, -0.2) is 18.0 Å². The number of aromatic nitrogens is 1. The number of ether oxygens (including phenoxy) is 1. The smallest absolute Gasteiger partial charge is 0.229 e. The van der Waals surface area contributed by atoms with E-state index in [2.05, 4.69) is 4.98 Å². The first-order chi connectivity index (χ1) is 10.1. The largest absolute Gasteiger partial charge is 0.497 e. The first kappa shape index (κ1) is 15.0. The molecule has 110 valence electrons. The number of hydrogen-bond donors (Lipinski definition) is 0. The summed E-state index contributed by atoms with van der Waals surface area (Å²) >= 11 is 0. The minimum absolute atomic E-state index is 0.0760. The quantitative estimate of drug-likeness (QED) is 0.846. The number of nitrogens with zero attached hydrogens (tertiary/aromatic N) is 2. The van der Waals surface area contributed by atoms with Gasteiger partial charge in [0.05, 0.1) is 13.7 Å². The van der Waals surface area contributed by atoms with E-state index in [1.807, 2.05) is 50.2 Å². The van der Waals surface area contributed by atoms with Crippen LogP contribution in [0.5, 0.6) is 5.75 Å². The molecule has 1 heterocycles. The van der Waals surface area contributed by atoms with Crippen LogP contribution >= 0.6 is 0 Å². The Morgan fingerprint density at radius 1 is 1.29 bits per heavy atom. The number of carbonyl (C=O) groups excluding carboxylic acids is 1. The molecule has 0 spiro atoms. The molecule has 0 unspecified atom stereocenters. The molecule has 1 amide bonds. The van der Waals surface area contributed by atoms with E-state index in [1.165, 1.54) is 0 Å². The van der Waals surface area contributed by atoms with Gasteiger partial charge in [-0.2, -0.15) is 0 Å². The zero-order valence-electron chi connectivity index (χ0n) is 12.6. The summed E-state index contributed by atoms with van der Waals surface area (Å²) in [7, 11) is 1.62. The first-order valence-corrected chi connectivity index (χ1v) is 6.96. The molecule has 0 saturated carbocycles. The zero-order chi connectivity index (χ0) is 15.2. The number of methoxy groups -OCH3 is 1. The molecule has 0 aliphatic rings. The monoisotopic (exact) mass is 284 g/mol. The lowest BCUT2D eigenvalue weighted by atomic mass is 10.1. The Bertz CT molecular complexity index is 597. The highest BCUT2D eigenvalue weighted by Gasteiger charge is 2.19. The van der Waals surface area contributed by atoms with Crippen LogP contribution in [0.2, 0.25) is 0 Å². The fraction of sp³-hybridized carbons (Fsp3) is 0.294. The predicted molar refractivity (Wildman–Crippen MR) is 83.3 cm³/mol. The molecule has 0 atom stereocenters. The molecule has 0 aliphatic heterocycles. The molecule has 0 fully saturated rings. The van der Waals surface area contributed by atoms with E-state index >= 15 is 0 Å². The summed E-state index contributed by atoms with van der Waals surface area (Å²) in [5, 5.41) is 0. The average Bonchev–Trinajstić information content (AvgIpc) is 2.53. The summed E-state index contributed by atoms with van der Waals surface area (Å²) in [6.45, 7) is 4.30. The SMILES string of the molecule is COc1cccc(N(Cc2cccnc2)C(=O)C(C)C)c1. The lowest BCUT2D eigenvalue weighted by Gasteiger charge is -2.25. The van der Waals surface area contributed by atoms with Crippen molar-refractivity contribution in [2.45, 2.75) is 20.4 Å². The van der Waals surface area contributed by atoms with E-state index in [4.69, 9.17) is 4.74 Å². The van der Waals surface area contributed by atoms with Gasteiger partial charge in [-0.3, -0.25) is 9.78 Å². The lowest BCUT2D eigenvalue weighted by molar-refractivity contribution is -0.121. The Hall–Kier alpha value is -2.36. The number of amides is 1. The summed E-state index contributed by atoms with van der Waals surface area (Å²) in [5.41, 5.74) is 1.83. The second-order valence-electron chi connectivity index (χ2n) is 5.14. The maximum atomic E-state index is 12.5. The molecule has 4 nitrogen and oxygen atoms in total. The number of anilines is 1. The second-order valence-corrected chi connectivity index (χ2v) is 5.14. The van der Waals surface area contributed by atoms with Gasteiger partial charge in [0, 0.05) is 30.1 Å². The Labute approximate surface area is 125 Å². The van der Waals surface area contributed by atoms with E-state index in [0.717, 1.165) is 17.0 Å². The van der Waals surface area contributed by atoms with Crippen molar-refractivity contribution in [2.75, 3.05) is 12.0 Å². The number of benzene rings is 1.